The summed E-state index contributed by atoms with van der Waals surface area (Å²) in [4.78, 5) is 11.5. The molecule has 0 aliphatic rings. The number of alkyl carbamates (subject to hydrolysis) is 1. The standard InChI is InChI=1S/C13H25NO3/c1-10(2)7-6-8-11(9-15)14-12(16)17-13(3,4)5/h11,15H,1,6-9H2,2-5H3,(H,14,16). The maximum atomic E-state index is 11.5. The molecule has 1 atom stereocenters. The van der Waals surface area contributed by atoms with E-state index in [-0.39, 0.29) is 12.6 Å². The first kappa shape index (κ1) is 16.0. The zero-order valence-corrected chi connectivity index (χ0v) is 11.4. The van der Waals surface area contributed by atoms with Crippen LogP contribution in [0.3, 0.4) is 0 Å². The van der Waals surface area contributed by atoms with E-state index in [0.717, 1.165) is 24.8 Å². The molecule has 100 valence electrons. The van der Waals surface area contributed by atoms with Crippen LogP contribution >= 0.6 is 0 Å². The molecule has 0 saturated carbocycles. The number of allylic oxidation sites excluding steroid dienone is 1. The molecule has 4 heteroatoms. The molecular formula is C13H25NO3. The Morgan fingerprint density at radius 2 is 2.06 bits per heavy atom. The van der Waals surface area contributed by atoms with Crippen molar-refractivity contribution in [1.82, 2.24) is 5.32 Å². The van der Waals surface area contributed by atoms with E-state index in [9.17, 15) is 4.79 Å². The van der Waals surface area contributed by atoms with E-state index >= 15 is 0 Å². The number of ether oxygens (including phenoxy) is 1. The van der Waals surface area contributed by atoms with Crippen molar-refractivity contribution in [2.24, 2.45) is 0 Å². The van der Waals surface area contributed by atoms with Gasteiger partial charge in [-0.3, -0.25) is 0 Å². The summed E-state index contributed by atoms with van der Waals surface area (Å²) in [5.74, 6) is 0. The SMILES string of the molecule is C=C(C)CCCC(CO)NC(=O)OC(C)(C)C. The highest BCUT2D eigenvalue weighted by molar-refractivity contribution is 5.68. The summed E-state index contributed by atoms with van der Waals surface area (Å²) in [5.41, 5.74) is 0.598. The first-order valence-electron chi connectivity index (χ1n) is 5.99. The molecule has 0 saturated heterocycles. The van der Waals surface area contributed by atoms with E-state index < -0.39 is 11.7 Å². The largest absolute Gasteiger partial charge is 0.444 e. The number of amides is 1. The van der Waals surface area contributed by atoms with Gasteiger partial charge in [-0.2, -0.15) is 0 Å². The molecule has 0 aromatic rings. The van der Waals surface area contributed by atoms with Crippen molar-refractivity contribution in [3.63, 3.8) is 0 Å². The zero-order chi connectivity index (χ0) is 13.5. The third kappa shape index (κ3) is 9.87. The topological polar surface area (TPSA) is 58.6 Å². The quantitative estimate of drug-likeness (QED) is 0.705. The molecule has 0 spiro atoms. The zero-order valence-electron chi connectivity index (χ0n) is 11.4. The van der Waals surface area contributed by atoms with Crippen molar-refractivity contribution in [2.45, 2.75) is 58.6 Å². The molecule has 0 aliphatic carbocycles. The van der Waals surface area contributed by atoms with Gasteiger partial charge in [-0.15, -0.1) is 6.58 Å². The number of carbonyl (C=O) groups excluding carboxylic acids is 1. The lowest BCUT2D eigenvalue weighted by Crippen LogP contribution is -2.41. The van der Waals surface area contributed by atoms with Gasteiger partial charge in [-0.25, -0.2) is 4.79 Å². The molecule has 2 N–H and O–H groups in total. The number of aliphatic hydroxyl groups is 1. The molecule has 0 aromatic heterocycles. The van der Waals surface area contributed by atoms with Crippen molar-refractivity contribution in [1.29, 1.82) is 0 Å². The summed E-state index contributed by atoms with van der Waals surface area (Å²) in [6, 6.07) is -0.246. The van der Waals surface area contributed by atoms with Crippen molar-refractivity contribution >= 4 is 6.09 Å². The van der Waals surface area contributed by atoms with Crippen molar-refractivity contribution in [3.8, 4) is 0 Å². The Morgan fingerprint density at radius 3 is 2.47 bits per heavy atom. The predicted octanol–water partition coefficient (Wildman–Crippen LogP) is 2.62. The Morgan fingerprint density at radius 1 is 1.47 bits per heavy atom. The fraction of sp³-hybridized carbons (Fsp3) is 0.769. The summed E-state index contributed by atoms with van der Waals surface area (Å²) in [5, 5.41) is 11.8. The molecule has 0 bridgehead atoms. The average molecular weight is 243 g/mol. The minimum atomic E-state index is -0.512. The van der Waals surface area contributed by atoms with E-state index in [0.29, 0.717) is 0 Å². The normalized spacial score (nSPS) is 13.0. The fourth-order valence-electron chi connectivity index (χ4n) is 1.33. The molecular weight excluding hydrogens is 218 g/mol. The lowest BCUT2D eigenvalue weighted by Gasteiger charge is -2.22. The van der Waals surface area contributed by atoms with E-state index in [4.69, 9.17) is 9.84 Å². The van der Waals surface area contributed by atoms with Gasteiger partial charge in [-0.1, -0.05) is 5.57 Å². The van der Waals surface area contributed by atoms with E-state index in [1.165, 1.54) is 0 Å². The minimum Gasteiger partial charge on any atom is -0.444 e. The Labute approximate surface area is 104 Å². The van der Waals surface area contributed by atoms with E-state index in [1.54, 1.807) is 0 Å². The molecule has 0 aromatic carbocycles. The predicted molar refractivity (Wildman–Crippen MR) is 68.9 cm³/mol. The van der Waals surface area contributed by atoms with Crippen LogP contribution in [0.2, 0.25) is 0 Å². The van der Waals surface area contributed by atoms with E-state index in [2.05, 4.69) is 11.9 Å². The van der Waals surface area contributed by atoms with E-state index in [1.807, 2.05) is 27.7 Å². The van der Waals surface area contributed by atoms with Crippen LogP contribution in [0.5, 0.6) is 0 Å². The Bertz CT molecular complexity index is 256. The number of hydrogen-bond donors (Lipinski definition) is 2. The van der Waals surface area contributed by atoms with Crippen LogP contribution in [0.1, 0.15) is 47.0 Å². The highest BCUT2D eigenvalue weighted by atomic mass is 16.6. The van der Waals surface area contributed by atoms with Crippen molar-refractivity contribution < 1.29 is 14.6 Å². The monoisotopic (exact) mass is 243 g/mol. The maximum Gasteiger partial charge on any atom is 0.407 e. The highest BCUT2D eigenvalue weighted by Gasteiger charge is 2.18. The number of hydrogen-bond acceptors (Lipinski definition) is 3. The minimum absolute atomic E-state index is 0.0740. The number of rotatable bonds is 6. The second-order valence-electron chi connectivity index (χ2n) is 5.38. The summed E-state index contributed by atoms with van der Waals surface area (Å²) in [6.07, 6.45) is 2.05. The molecule has 0 rings (SSSR count). The maximum absolute atomic E-state index is 11.5. The lowest BCUT2D eigenvalue weighted by molar-refractivity contribution is 0.0478. The molecule has 1 unspecified atom stereocenters. The summed E-state index contributed by atoms with van der Waals surface area (Å²) < 4.78 is 5.12. The van der Waals surface area contributed by atoms with Gasteiger partial charge in [0, 0.05) is 0 Å². The Hall–Kier alpha value is -1.03. The Kier molecular flexibility index (Phi) is 6.88. The Balaban J connectivity index is 3.95. The van der Waals surface area contributed by atoms with Crippen molar-refractivity contribution in [3.05, 3.63) is 12.2 Å². The number of nitrogens with one attached hydrogen (secondary N) is 1. The third-order valence-electron chi connectivity index (χ3n) is 2.10. The van der Waals surface area contributed by atoms with Gasteiger partial charge in [0.05, 0.1) is 12.6 Å². The molecule has 4 nitrogen and oxygen atoms in total. The van der Waals surface area contributed by atoms with Gasteiger partial charge < -0.3 is 15.2 Å². The van der Waals surface area contributed by atoms with Gasteiger partial charge in [-0.05, 0) is 47.0 Å². The molecule has 0 heterocycles. The van der Waals surface area contributed by atoms with Crippen LogP contribution in [0, 0.1) is 0 Å². The summed E-state index contributed by atoms with van der Waals surface area (Å²) in [6.45, 7) is 11.1. The lowest BCUT2D eigenvalue weighted by atomic mass is 10.1. The van der Waals surface area contributed by atoms with Crippen LogP contribution in [-0.2, 0) is 4.74 Å². The third-order valence-corrected chi connectivity index (χ3v) is 2.10. The van der Waals surface area contributed by atoms with Gasteiger partial charge >= 0.3 is 6.09 Å². The highest BCUT2D eigenvalue weighted by Crippen LogP contribution is 2.09. The molecule has 0 radical (unpaired) electrons. The van der Waals surface area contributed by atoms with Gasteiger partial charge in [0.25, 0.3) is 0 Å². The van der Waals surface area contributed by atoms with Gasteiger partial charge in [0.15, 0.2) is 0 Å². The van der Waals surface area contributed by atoms with Crippen LogP contribution in [0.25, 0.3) is 0 Å². The number of aliphatic hydroxyl groups excluding tert-OH is 1. The molecule has 17 heavy (non-hydrogen) atoms. The summed E-state index contributed by atoms with van der Waals surface area (Å²) >= 11 is 0. The fourth-order valence-corrected chi connectivity index (χ4v) is 1.33. The first-order chi connectivity index (χ1) is 7.74. The second-order valence-corrected chi connectivity index (χ2v) is 5.38. The average Bonchev–Trinajstić information content (AvgIpc) is 2.12. The van der Waals surface area contributed by atoms with Crippen molar-refractivity contribution in [2.75, 3.05) is 6.61 Å². The van der Waals surface area contributed by atoms with Crippen LogP contribution in [-0.4, -0.2) is 29.4 Å². The molecule has 0 aliphatic heterocycles. The van der Waals surface area contributed by atoms with Gasteiger partial charge in [0.1, 0.15) is 5.60 Å². The van der Waals surface area contributed by atoms with Crippen LogP contribution in [0.15, 0.2) is 12.2 Å². The van der Waals surface area contributed by atoms with Gasteiger partial charge in [0.2, 0.25) is 0 Å². The summed E-state index contributed by atoms with van der Waals surface area (Å²) in [7, 11) is 0. The molecule has 0 fully saturated rings. The van der Waals surface area contributed by atoms with Crippen LogP contribution in [0.4, 0.5) is 4.79 Å². The molecule has 1 amide bonds. The van der Waals surface area contributed by atoms with Crippen LogP contribution < -0.4 is 5.32 Å². The first-order valence-corrected chi connectivity index (χ1v) is 5.99. The second kappa shape index (κ2) is 7.33. The smallest absolute Gasteiger partial charge is 0.407 e. The number of carbonyl (C=O) groups is 1.